The van der Waals surface area contributed by atoms with Crippen molar-refractivity contribution in [1.29, 1.82) is 0 Å². The van der Waals surface area contributed by atoms with Crippen LogP contribution in [0.4, 0.5) is 0 Å². The lowest BCUT2D eigenvalue weighted by Crippen LogP contribution is -2.29. The van der Waals surface area contributed by atoms with E-state index >= 15 is 0 Å². The third kappa shape index (κ3) is 4.10. The molecule has 2 heterocycles. The van der Waals surface area contributed by atoms with Crippen LogP contribution in [0.25, 0.3) is 11.3 Å². The van der Waals surface area contributed by atoms with Crippen LogP contribution in [0, 0.1) is 6.92 Å². The van der Waals surface area contributed by atoms with Crippen LogP contribution in [0.2, 0.25) is 0 Å². The smallest absolute Gasteiger partial charge is 0.273 e. The zero-order valence-electron chi connectivity index (χ0n) is 19.9. The number of nitrogens with zero attached hydrogens (tertiary/aromatic N) is 2. The molecule has 1 aliphatic heterocycles. The van der Waals surface area contributed by atoms with Crippen LogP contribution < -0.4 is 9.47 Å². The number of nitrogens with one attached hydrogen (secondary N) is 1. The highest BCUT2D eigenvalue weighted by atomic mass is 16.5. The van der Waals surface area contributed by atoms with Gasteiger partial charge in [-0.15, -0.1) is 0 Å². The molecular formula is C28H27N3O4. The molecule has 0 fully saturated rings. The second kappa shape index (κ2) is 9.18. The fourth-order valence-electron chi connectivity index (χ4n) is 4.54. The van der Waals surface area contributed by atoms with Gasteiger partial charge in [0.25, 0.3) is 5.91 Å². The van der Waals surface area contributed by atoms with Gasteiger partial charge in [0.1, 0.15) is 11.4 Å². The number of benzene rings is 3. The maximum absolute atomic E-state index is 13.6. The summed E-state index contributed by atoms with van der Waals surface area (Å²) in [5.74, 6) is 1.08. The molecule has 0 spiro atoms. The Kier molecular flexibility index (Phi) is 5.91. The Morgan fingerprint density at radius 1 is 1.06 bits per heavy atom. The van der Waals surface area contributed by atoms with Crippen molar-refractivity contribution in [3.05, 3.63) is 94.7 Å². The van der Waals surface area contributed by atoms with Crippen molar-refractivity contribution in [2.24, 2.45) is 0 Å². The van der Waals surface area contributed by atoms with E-state index in [1.165, 1.54) is 0 Å². The van der Waals surface area contributed by atoms with Crippen molar-refractivity contribution in [1.82, 2.24) is 15.1 Å². The SMILES string of the molecule is CCOc1cc(C2c3c(-c4ccc(C)cc4)n[nH]c3C(=O)N2Cc2ccc(OC)cc2)ccc1O. The minimum absolute atomic E-state index is 0.0628. The van der Waals surface area contributed by atoms with Crippen molar-refractivity contribution in [2.75, 3.05) is 13.7 Å². The highest BCUT2D eigenvalue weighted by Crippen LogP contribution is 2.45. The quantitative estimate of drug-likeness (QED) is 0.386. The minimum Gasteiger partial charge on any atom is -0.504 e. The topological polar surface area (TPSA) is 87.7 Å². The number of hydrogen-bond donors (Lipinski definition) is 2. The molecule has 0 saturated carbocycles. The van der Waals surface area contributed by atoms with Crippen molar-refractivity contribution >= 4 is 5.91 Å². The van der Waals surface area contributed by atoms with Crippen molar-refractivity contribution < 1.29 is 19.4 Å². The first-order valence-corrected chi connectivity index (χ1v) is 11.5. The summed E-state index contributed by atoms with van der Waals surface area (Å²) in [6.45, 7) is 4.72. The number of aryl methyl sites for hydroxylation is 1. The fourth-order valence-corrected chi connectivity index (χ4v) is 4.54. The molecule has 1 aromatic heterocycles. The molecule has 7 heteroatoms. The molecule has 0 saturated heterocycles. The summed E-state index contributed by atoms with van der Waals surface area (Å²) in [5.41, 5.74) is 5.92. The standard InChI is InChI=1S/C28H27N3O4/c1-4-35-23-15-20(11-14-22(23)32)27-24-25(19-9-5-17(2)6-10-19)29-30-26(24)28(33)31(27)16-18-7-12-21(34-3)13-8-18/h5-15,27,32H,4,16H2,1-3H3,(H,29,30). The van der Waals surface area contributed by atoms with Crippen LogP contribution in [0.3, 0.4) is 0 Å². The van der Waals surface area contributed by atoms with E-state index in [1.807, 2.05) is 73.3 Å². The first kappa shape index (κ1) is 22.5. The molecule has 178 valence electrons. The molecule has 2 N–H and O–H groups in total. The molecule has 4 aromatic rings. The summed E-state index contributed by atoms with van der Waals surface area (Å²) in [5, 5.41) is 17.8. The molecule has 3 aromatic carbocycles. The summed E-state index contributed by atoms with van der Waals surface area (Å²) in [4.78, 5) is 15.5. The highest BCUT2D eigenvalue weighted by molar-refractivity contribution is 6.00. The number of methoxy groups -OCH3 is 1. The second-order valence-corrected chi connectivity index (χ2v) is 8.57. The Bertz CT molecular complexity index is 1360. The van der Waals surface area contributed by atoms with Gasteiger partial charge in [-0.1, -0.05) is 48.0 Å². The van der Waals surface area contributed by atoms with E-state index in [0.717, 1.165) is 39.3 Å². The van der Waals surface area contributed by atoms with Crippen LogP contribution in [0.5, 0.6) is 17.2 Å². The van der Waals surface area contributed by atoms with Crippen LogP contribution in [-0.4, -0.2) is 39.8 Å². The number of phenolic OH excluding ortho intramolecular Hbond substituents is 1. The van der Waals surface area contributed by atoms with E-state index in [9.17, 15) is 9.90 Å². The van der Waals surface area contributed by atoms with Gasteiger partial charge in [0, 0.05) is 17.7 Å². The number of aromatic nitrogens is 2. The largest absolute Gasteiger partial charge is 0.504 e. The van der Waals surface area contributed by atoms with Crippen LogP contribution in [0.15, 0.2) is 66.7 Å². The number of phenols is 1. The molecule has 5 rings (SSSR count). The first-order chi connectivity index (χ1) is 17.0. The van der Waals surface area contributed by atoms with Gasteiger partial charge in [0.15, 0.2) is 11.5 Å². The molecule has 0 aliphatic carbocycles. The van der Waals surface area contributed by atoms with E-state index in [2.05, 4.69) is 10.2 Å². The van der Waals surface area contributed by atoms with Gasteiger partial charge in [-0.2, -0.15) is 5.10 Å². The van der Waals surface area contributed by atoms with Crippen LogP contribution >= 0.6 is 0 Å². The van der Waals surface area contributed by atoms with E-state index < -0.39 is 6.04 Å². The zero-order valence-corrected chi connectivity index (χ0v) is 19.9. The Labute approximate surface area is 203 Å². The number of H-pyrrole nitrogens is 1. The number of fused-ring (bicyclic) bond motifs is 1. The molecule has 0 radical (unpaired) electrons. The summed E-state index contributed by atoms with van der Waals surface area (Å²) in [6.07, 6.45) is 0. The van der Waals surface area contributed by atoms with Crippen LogP contribution in [0.1, 0.15) is 45.7 Å². The molecule has 1 unspecified atom stereocenters. The van der Waals surface area contributed by atoms with E-state index in [0.29, 0.717) is 24.6 Å². The number of carbonyl (C=O) groups is 1. The summed E-state index contributed by atoms with van der Waals surface area (Å²) in [7, 11) is 1.63. The highest BCUT2D eigenvalue weighted by Gasteiger charge is 2.42. The monoisotopic (exact) mass is 469 g/mol. The number of aromatic hydroxyl groups is 1. The van der Waals surface area contributed by atoms with Crippen molar-refractivity contribution in [3.8, 4) is 28.5 Å². The van der Waals surface area contributed by atoms with Gasteiger partial charge >= 0.3 is 0 Å². The Morgan fingerprint density at radius 2 is 1.80 bits per heavy atom. The van der Waals surface area contributed by atoms with Crippen molar-refractivity contribution in [2.45, 2.75) is 26.4 Å². The molecule has 7 nitrogen and oxygen atoms in total. The van der Waals surface area contributed by atoms with Crippen molar-refractivity contribution in [3.63, 3.8) is 0 Å². The third-order valence-electron chi connectivity index (χ3n) is 6.30. The minimum atomic E-state index is -0.408. The lowest BCUT2D eigenvalue weighted by molar-refractivity contribution is 0.0730. The molecule has 1 amide bonds. The van der Waals surface area contributed by atoms with Gasteiger partial charge in [-0.05, 0) is 49.2 Å². The Balaban J connectivity index is 1.63. The number of aromatic amines is 1. The van der Waals surface area contributed by atoms with E-state index in [1.54, 1.807) is 19.2 Å². The van der Waals surface area contributed by atoms with E-state index in [4.69, 9.17) is 9.47 Å². The van der Waals surface area contributed by atoms with Gasteiger partial charge in [-0.3, -0.25) is 9.89 Å². The average molecular weight is 470 g/mol. The number of rotatable bonds is 7. The van der Waals surface area contributed by atoms with Gasteiger partial charge in [-0.25, -0.2) is 0 Å². The molecule has 1 atom stereocenters. The molecule has 0 bridgehead atoms. The number of ether oxygens (including phenoxy) is 2. The molecular weight excluding hydrogens is 442 g/mol. The molecule has 35 heavy (non-hydrogen) atoms. The zero-order chi connectivity index (χ0) is 24.5. The maximum atomic E-state index is 13.6. The van der Waals surface area contributed by atoms with Gasteiger partial charge in [0.2, 0.25) is 0 Å². The number of carbonyl (C=O) groups excluding carboxylic acids is 1. The maximum Gasteiger partial charge on any atom is 0.273 e. The summed E-state index contributed by atoms with van der Waals surface area (Å²) >= 11 is 0. The van der Waals surface area contributed by atoms with E-state index in [-0.39, 0.29) is 11.7 Å². The predicted molar refractivity (Wildman–Crippen MR) is 133 cm³/mol. The van der Waals surface area contributed by atoms with Gasteiger partial charge in [0.05, 0.1) is 25.5 Å². The lowest BCUT2D eigenvalue weighted by Gasteiger charge is -2.27. The number of hydrogen-bond acceptors (Lipinski definition) is 5. The first-order valence-electron chi connectivity index (χ1n) is 11.5. The second-order valence-electron chi connectivity index (χ2n) is 8.57. The van der Waals surface area contributed by atoms with Gasteiger partial charge < -0.3 is 19.5 Å². The number of amides is 1. The summed E-state index contributed by atoms with van der Waals surface area (Å²) < 4.78 is 10.9. The predicted octanol–water partition coefficient (Wildman–Crippen LogP) is 5.24. The fraction of sp³-hybridized carbons (Fsp3) is 0.214. The Hall–Kier alpha value is -4.26. The normalized spacial score (nSPS) is 14.8. The third-order valence-corrected chi connectivity index (χ3v) is 6.30. The van der Waals surface area contributed by atoms with Crippen LogP contribution in [-0.2, 0) is 6.54 Å². The lowest BCUT2D eigenvalue weighted by atomic mass is 9.95. The summed E-state index contributed by atoms with van der Waals surface area (Å²) in [6, 6.07) is 20.6. The molecule has 1 aliphatic rings. The average Bonchev–Trinajstić information content (AvgIpc) is 3.41. The Morgan fingerprint density at radius 3 is 2.49 bits per heavy atom.